The van der Waals surface area contributed by atoms with Crippen LogP contribution in [0.1, 0.15) is 11.1 Å². The fourth-order valence-electron chi connectivity index (χ4n) is 2.33. The van der Waals surface area contributed by atoms with Gasteiger partial charge in [0, 0.05) is 4.47 Å². The van der Waals surface area contributed by atoms with Crippen molar-refractivity contribution in [2.45, 2.75) is 6.61 Å². The summed E-state index contributed by atoms with van der Waals surface area (Å²) in [6.07, 6.45) is 1.56. The van der Waals surface area contributed by atoms with Crippen molar-refractivity contribution >= 4 is 50.9 Å². The predicted molar refractivity (Wildman–Crippen MR) is 105 cm³/mol. The second kappa shape index (κ2) is 8.41. The first kappa shape index (κ1) is 19.2. The van der Waals surface area contributed by atoms with Crippen LogP contribution in [0.3, 0.4) is 0 Å². The SMILES string of the molecule is O=C(O)CN1C(=O)S/C(=C/c2ccc(OCc3ccc(Br)cc3)cc2)C1=O. The summed E-state index contributed by atoms with van der Waals surface area (Å²) >= 11 is 4.11. The van der Waals surface area contributed by atoms with Crippen LogP contribution in [0.2, 0.25) is 0 Å². The highest BCUT2D eigenvalue weighted by molar-refractivity contribution is 9.10. The molecule has 8 heteroatoms. The summed E-state index contributed by atoms with van der Waals surface area (Å²) in [5.41, 5.74) is 1.75. The molecular weight excluding hydrogens is 434 g/mol. The maximum atomic E-state index is 12.1. The Hall–Kier alpha value is -2.58. The van der Waals surface area contributed by atoms with E-state index in [9.17, 15) is 14.4 Å². The fraction of sp³-hybridized carbons (Fsp3) is 0.105. The number of hydrogen-bond acceptors (Lipinski definition) is 5. The minimum Gasteiger partial charge on any atom is -0.489 e. The van der Waals surface area contributed by atoms with Gasteiger partial charge < -0.3 is 9.84 Å². The van der Waals surface area contributed by atoms with Crippen LogP contribution >= 0.6 is 27.7 Å². The molecule has 1 fully saturated rings. The van der Waals surface area contributed by atoms with Gasteiger partial charge in [0.15, 0.2) is 0 Å². The van der Waals surface area contributed by atoms with Gasteiger partial charge in [-0.15, -0.1) is 0 Å². The second-order valence-electron chi connectivity index (χ2n) is 5.65. The number of thioether (sulfide) groups is 1. The Balaban J connectivity index is 1.64. The molecule has 0 radical (unpaired) electrons. The van der Waals surface area contributed by atoms with Crippen LogP contribution in [-0.4, -0.2) is 33.7 Å². The van der Waals surface area contributed by atoms with Gasteiger partial charge in [-0.25, -0.2) is 0 Å². The van der Waals surface area contributed by atoms with Crippen molar-refractivity contribution in [3.05, 3.63) is 69.0 Å². The van der Waals surface area contributed by atoms with Crippen molar-refractivity contribution < 1.29 is 24.2 Å². The summed E-state index contributed by atoms with van der Waals surface area (Å²) in [6.45, 7) is -0.203. The van der Waals surface area contributed by atoms with Gasteiger partial charge in [0.25, 0.3) is 11.1 Å². The summed E-state index contributed by atoms with van der Waals surface area (Å²) in [6, 6.07) is 14.9. The Morgan fingerprint density at radius 1 is 1.11 bits per heavy atom. The smallest absolute Gasteiger partial charge is 0.323 e. The van der Waals surface area contributed by atoms with Crippen molar-refractivity contribution in [1.82, 2.24) is 4.90 Å². The molecule has 138 valence electrons. The predicted octanol–water partition coefficient (Wildman–Crippen LogP) is 4.15. The van der Waals surface area contributed by atoms with E-state index in [1.54, 1.807) is 30.3 Å². The number of nitrogens with zero attached hydrogens (tertiary/aromatic N) is 1. The number of amides is 2. The largest absolute Gasteiger partial charge is 0.489 e. The van der Waals surface area contributed by atoms with Gasteiger partial charge in [-0.2, -0.15) is 0 Å². The lowest BCUT2D eigenvalue weighted by Crippen LogP contribution is -2.33. The van der Waals surface area contributed by atoms with Crippen molar-refractivity contribution in [3.8, 4) is 5.75 Å². The number of carbonyl (C=O) groups excluding carboxylic acids is 2. The number of aliphatic carboxylic acids is 1. The zero-order chi connectivity index (χ0) is 19.4. The Bertz CT molecular complexity index is 909. The lowest BCUT2D eigenvalue weighted by Gasteiger charge is -2.08. The molecule has 2 aromatic carbocycles. The fourth-order valence-corrected chi connectivity index (χ4v) is 3.43. The van der Waals surface area contributed by atoms with Crippen molar-refractivity contribution in [2.24, 2.45) is 0 Å². The topological polar surface area (TPSA) is 83.9 Å². The average molecular weight is 448 g/mol. The van der Waals surface area contributed by atoms with E-state index in [2.05, 4.69) is 15.9 Å². The standard InChI is InChI=1S/C19H14BrNO5S/c20-14-5-1-13(2-6-14)11-26-15-7-3-12(4-8-15)9-16-18(24)21(10-17(22)23)19(25)27-16/h1-9H,10-11H2,(H,22,23)/b16-9+. The molecule has 0 saturated carbocycles. The summed E-state index contributed by atoms with van der Waals surface area (Å²) in [7, 11) is 0. The van der Waals surface area contributed by atoms with Gasteiger partial charge >= 0.3 is 5.97 Å². The van der Waals surface area contributed by atoms with Crippen LogP contribution in [0.4, 0.5) is 4.79 Å². The maximum absolute atomic E-state index is 12.1. The molecule has 1 N–H and O–H groups in total. The van der Waals surface area contributed by atoms with Crippen LogP contribution in [0.25, 0.3) is 6.08 Å². The molecule has 6 nitrogen and oxygen atoms in total. The number of carboxylic acid groups (broad SMARTS) is 1. The van der Waals surface area contributed by atoms with Crippen LogP contribution in [0.5, 0.6) is 5.75 Å². The Kier molecular flexibility index (Phi) is 5.98. The molecule has 0 spiro atoms. The molecule has 0 aromatic heterocycles. The minimum absolute atomic E-state index is 0.199. The monoisotopic (exact) mass is 447 g/mol. The zero-order valence-electron chi connectivity index (χ0n) is 13.9. The lowest BCUT2D eigenvalue weighted by atomic mass is 10.2. The second-order valence-corrected chi connectivity index (χ2v) is 7.55. The van der Waals surface area contributed by atoms with Crippen LogP contribution in [-0.2, 0) is 16.2 Å². The molecule has 0 unspecified atom stereocenters. The number of benzene rings is 2. The maximum Gasteiger partial charge on any atom is 0.323 e. The van der Waals surface area contributed by atoms with Crippen molar-refractivity contribution in [1.29, 1.82) is 0 Å². The molecule has 1 heterocycles. The van der Waals surface area contributed by atoms with E-state index in [1.165, 1.54) is 0 Å². The normalized spacial score (nSPS) is 15.4. The third-order valence-electron chi connectivity index (χ3n) is 3.66. The van der Waals surface area contributed by atoms with Crippen molar-refractivity contribution in [2.75, 3.05) is 6.54 Å². The summed E-state index contributed by atoms with van der Waals surface area (Å²) in [5.74, 6) is -1.15. The molecule has 27 heavy (non-hydrogen) atoms. The highest BCUT2D eigenvalue weighted by Gasteiger charge is 2.36. The lowest BCUT2D eigenvalue weighted by molar-refractivity contribution is -0.140. The number of ether oxygens (including phenoxy) is 1. The van der Waals surface area contributed by atoms with Gasteiger partial charge in [-0.05, 0) is 53.2 Å². The third kappa shape index (κ3) is 4.99. The number of imide groups is 1. The van der Waals surface area contributed by atoms with Gasteiger partial charge in [-0.3, -0.25) is 19.3 Å². The molecule has 2 amide bonds. The molecule has 0 bridgehead atoms. The summed E-state index contributed by atoms with van der Waals surface area (Å²) < 4.78 is 6.72. The molecule has 3 rings (SSSR count). The first-order valence-corrected chi connectivity index (χ1v) is 9.48. The molecule has 1 saturated heterocycles. The van der Waals surface area contributed by atoms with E-state index in [1.807, 2.05) is 24.3 Å². The molecular formula is C19H14BrNO5S. The van der Waals surface area contributed by atoms with E-state index in [0.29, 0.717) is 22.8 Å². The van der Waals surface area contributed by atoms with E-state index in [0.717, 1.165) is 21.8 Å². The van der Waals surface area contributed by atoms with E-state index >= 15 is 0 Å². The van der Waals surface area contributed by atoms with Crippen LogP contribution < -0.4 is 4.74 Å². The number of carbonyl (C=O) groups is 3. The molecule has 0 aliphatic carbocycles. The zero-order valence-corrected chi connectivity index (χ0v) is 16.3. The van der Waals surface area contributed by atoms with Crippen LogP contribution in [0.15, 0.2) is 57.9 Å². The van der Waals surface area contributed by atoms with E-state index in [-0.39, 0.29) is 4.91 Å². The number of hydrogen-bond donors (Lipinski definition) is 1. The highest BCUT2D eigenvalue weighted by Crippen LogP contribution is 2.32. The molecule has 1 aliphatic rings. The Morgan fingerprint density at radius 2 is 1.78 bits per heavy atom. The number of rotatable bonds is 6. The van der Waals surface area contributed by atoms with Gasteiger partial charge in [-0.1, -0.05) is 40.2 Å². The Morgan fingerprint density at radius 3 is 2.41 bits per heavy atom. The minimum atomic E-state index is -1.23. The number of carboxylic acids is 1. The first-order chi connectivity index (χ1) is 12.9. The van der Waals surface area contributed by atoms with E-state index in [4.69, 9.17) is 9.84 Å². The van der Waals surface area contributed by atoms with Gasteiger partial charge in [0.05, 0.1) is 4.91 Å². The molecule has 0 atom stereocenters. The van der Waals surface area contributed by atoms with Crippen molar-refractivity contribution in [3.63, 3.8) is 0 Å². The summed E-state index contributed by atoms with van der Waals surface area (Å²) in [5, 5.41) is 8.19. The van der Waals surface area contributed by atoms with Gasteiger partial charge in [0.2, 0.25) is 0 Å². The Labute approximate surface area is 167 Å². The highest BCUT2D eigenvalue weighted by atomic mass is 79.9. The number of halogens is 1. The van der Waals surface area contributed by atoms with Crippen LogP contribution in [0, 0.1) is 0 Å². The first-order valence-electron chi connectivity index (χ1n) is 7.87. The van der Waals surface area contributed by atoms with Gasteiger partial charge in [0.1, 0.15) is 18.9 Å². The average Bonchev–Trinajstić information content (AvgIpc) is 2.89. The summed E-state index contributed by atoms with van der Waals surface area (Å²) in [4.78, 5) is 35.5. The molecule has 2 aromatic rings. The quantitative estimate of drug-likeness (QED) is 0.669. The van der Waals surface area contributed by atoms with E-state index < -0.39 is 23.7 Å². The molecule has 1 aliphatic heterocycles. The third-order valence-corrected chi connectivity index (χ3v) is 5.10.